The zero-order chi connectivity index (χ0) is 18.6. The van der Waals surface area contributed by atoms with Gasteiger partial charge in [-0.2, -0.15) is 10.5 Å². The zero-order valence-electron chi connectivity index (χ0n) is 14.2. The molecular formula is C22H13N5. The minimum Gasteiger partial charge on any atom is -0.352 e. The third-order valence-electron chi connectivity index (χ3n) is 4.28. The lowest BCUT2D eigenvalue weighted by atomic mass is 10.1. The number of rotatable bonds is 2. The predicted octanol–water partition coefficient (Wildman–Crippen LogP) is 2.40. The van der Waals surface area contributed by atoms with Crippen LogP contribution in [0.15, 0.2) is 73.1 Å². The van der Waals surface area contributed by atoms with Crippen LogP contribution in [0.1, 0.15) is 11.4 Å². The van der Waals surface area contributed by atoms with Crippen LogP contribution in [0.25, 0.3) is 21.9 Å². The molecule has 3 heterocycles. The first-order valence-electron chi connectivity index (χ1n) is 8.32. The van der Waals surface area contributed by atoms with Gasteiger partial charge in [0.1, 0.15) is 23.3 Å². The second kappa shape index (κ2) is 6.95. The normalized spacial score (nSPS) is 12.8. The molecule has 27 heavy (non-hydrogen) atoms. The molecule has 0 aliphatic rings. The lowest BCUT2D eigenvalue weighted by Gasteiger charge is -1.96. The molecule has 0 saturated heterocycles. The second-order valence-corrected chi connectivity index (χ2v) is 5.82. The van der Waals surface area contributed by atoms with Crippen LogP contribution in [0.2, 0.25) is 0 Å². The van der Waals surface area contributed by atoms with E-state index in [0.29, 0.717) is 33.2 Å². The molecule has 4 rings (SSSR count). The van der Waals surface area contributed by atoms with Crippen molar-refractivity contribution in [3.05, 3.63) is 95.1 Å². The molecule has 0 bridgehead atoms. The van der Waals surface area contributed by atoms with Gasteiger partial charge in [-0.1, -0.05) is 36.4 Å². The fourth-order valence-corrected chi connectivity index (χ4v) is 3.08. The van der Waals surface area contributed by atoms with Gasteiger partial charge in [0, 0.05) is 23.2 Å². The van der Waals surface area contributed by atoms with Crippen LogP contribution in [0.4, 0.5) is 0 Å². The van der Waals surface area contributed by atoms with Gasteiger partial charge in [0.2, 0.25) is 0 Å². The molecule has 4 aromatic rings. The topological polar surface area (TPSA) is 89.1 Å². The summed E-state index contributed by atoms with van der Waals surface area (Å²) < 4.78 is 0. The summed E-state index contributed by atoms with van der Waals surface area (Å²) in [7, 11) is 0. The molecule has 0 aliphatic heterocycles. The van der Waals surface area contributed by atoms with Crippen molar-refractivity contribution in [2.24, 2.45) is 0 Å². The Balaban J connectivity index is 2.20. The van der Waals surface area contributed by atoms with Crippen molar-refractivity contribution in [3.63, 3.8) is 0 Å². The van der Waals surface area contributed by atoms with E-state index in [1.165, 1.54) is 0 Å². The smallest absolute Gasteiger partial charge is 0.104 e. The van der Waals surface area contributed by atoms with Crippen LogP contribution in [-0.4, -0.2) is 15.0 Å². The standard InChI is InChI=1S/C22H13N5/c23-13-17(19-9-3-5-11-25-19)21-15-7-1-2-8-16(15)22(27-21)18(14-24)20-10-4-6-12-26-20/h1-12,27H/b21-17-,22-18-. The fraction of sp³-hybridized carbons (Fsp3) is 0. The maximum absolute atomic E-state index is 9.78. The van der Waals surface area contributed by atoms with Crippen molar-refractivity contribution in [1.29, 1.82) is 10.5 Å². The van der Waals surface area contributed by atoms with Gasteiger partial charge in [0.15, 0.2) is 0 Å². The molecule has 0 saturated carbocycles. The van der Waals surface area contributed by atoms with Crippen LogP contribution in [0.5, 0.6) is 0 Å². The summed E-state index contributed by atoms with van der Waals surface area (Å²) in [5, 5.41) is 22.6. The summed E-state index contributed by atoms with van der Waals surface area (Å²) in [5.74, 6) is 0. The average Bonchev–Trinajstić information content (AvgIpc) is 3.10. The third-order valence-corrected chi connectivity index (χ3v) is 4.28. The highest BCUT2D eigenvalue weighted by Crippen LogP contribution is 2.13. The number of pyridine rings is 2. The second-order valence-electron chi connectivity index (χ2n) is 5.82. The minimum absolute atomic E-state index is 0.427. The van der Waals surface area contributed by atoms with Gasteiger partial charge in [-0.3, -0.25) is 9.97 Å². The van der Waals surface area contributed by atoms with E-state index in [0.717, 1.165) is 10.8 Å². The number of fused-ring (bicyclic) bond motifs is 1. The average molecular weight is 347 g/mol. The Hall–Kier alpha value is -4.22. The van der Waals surface area contributed by atoms with E-state index >= 15 is 0 Å². The van der Waals surface area contributed by atoms with Gasteiger partial charge >= 0.3 is 0 Å². The summed E-state index contributed by atoms with van der Waals surface area (Å²) in [5.41, 5.74) is 2.01. The lowest BCUT2D eigenvalue weighted by molar-refractivity contribution is 1.21. The highest BCUT2D eigenvalue weighted by atomic mass is 14.7. The molecule has 5 nitrogen and oxygen atoms in total. The predicted molar refractivity (Wildman–Crippen MR) is 102 cm³/mol. The summed E-state index contributed by atoms with van der Waals surface area (Å²) in [6.45, 7) is 0. The molecule has 0 amide bonds. The van der Waals surface area contributed by atoms with Gasteiger partial charge in [0.25, 0.3) is 0 Å². The van der Waals surface area contributed by atoms with Crippen LogP contribution in [0.3, 0.4) is 0 Å². The number of hydrogen-bond donors (Lipinski definition) is 1. The third kappa shape index (κ3) is 2.84. The molecule has 0 unspecified atom stereocenters. The number of nitriles is 2. The minimum atomic E-state index is 0.427. The van der Waals surface area contributed by atoms with Gasteiger partial charge in [0.05, 0.1) is 22.1 Å². The maximum atomic E-state index is 9.78. The SMILES string of the molecule is N#C/C(c1ccccn1)=c1/[nH]/c(=C(/C#N)c2ccccn2)c2ccccc12. The number of hydrogen-bond acceptors (Lipinski definition) is 4. The van der Waals surface area contributed by atoms with Crippen LogP contribution < -0.4 is 10.7 Å². The van der Waals surface area contributed by atoms with Gasteiger partial charge < -0.3 is 4.98 Å². The van der Waals surface area contributed by atoms with Gasteiger partial charge in [-0.25, -0.2) is 0 Å². The first-order chi connectivity index (χ1) is 13.3. The molecule has 1 aromatic carbocycles. The molecule has 126 valence electrons. The number of aromatic amines is 1. The Bertz CT molecular complexity index is 1220. The quantitative estimate of drug-likeness (QED) is 0.603. The first-order valence-corrected chi connectivity index (χ1v) is 8.32. The van der Waals surface area contributed by atoms with E-state index in [2.05, 4.69) is 27.1 Å². The molecule has 0 fully saturated rings. The molecule has 0 atom stereocenters. The summed E-state index contributed by atoms with van der Waals surface area (Å²) in [6, 6.07) is 23.1. The Morgan fingerprint density at radius 1 is 0.667 bits per heavy atom. The van der Waals surface area contributed by atoms with Crippen molar-refractivity contribution in [3.8, 4) is 12.1 Å². The monoisotopic (exact) mass is 347 g/mol. The van der Waals surface area contributed by atoms with Crippen molar-refractivity contribution >= 4 is 21.9 Å². The molecule has 0 aliphatic carbocycles. The van der Waals surface area contributed by atoms with Crippen LogP contribution >= 0.6 is 0 Å². The summed E-state index contributed by atoms with van der Waals surface area (Å²) in [4.78, 5) is 11.9. The summed E-state index contributed by atoms with van der Waals surface area (Å²) >= 11 is 0. The molecule has 5 heteroatoms. The van der Waals surface area contributed by atoms with Crippen molar-refractivity contribution in [2.45, 2.75) is 0 Å². The molecule has 0 spiro atoms. The van der Waals surface area contributed by atoms with E-state index in [1.807, 2.05) is 36.4 Å². The first kappa shape index (κ1) is 16.3. The maximum Gasteiger partial charge on any atom is 0.104 e. The Morgan fingerprint density at radius 2 is 1.11 bits per heavy atom. The van der Waals surface area contributed by atoms with Crippen LogP contribution in [-0.2, 0) is 0 Å². The summed E-state index contributed by atoms with van der Waals surface area (Å²) in [6.07, 6.45) is 3.30. The Kier molecular flexibility index (Phi) is 4.19. The number of benzene rings is 1. The number of nitrogens with one attached hydrogen (secondary N) is 1. The molecule has 3 aromatic heterocycles. The fourth-order valence-electron chi connectivity index (χ4n) is 3.08. The van der Waals surface area contributed by atoms with E-state index < -0.39 is 0 Å². The molecule has 1 N–H and O–H groups in total. The number of nitrogens with zero attached hydrogens (tertiary/aromatic N) is 4. The highest BCUT2D eigenvalue weighted by Gasteiger charge is 2.12. The van der Waals surface area contributed by atoms with Crippen molar-refractivity contribution < 1.29 is 0 Å². The van der Waals surface area contributed by atoms with E-state index in [-0.39, 0.29) is 0 Å². The molecule has 0 radical (unpaired) electrons. The van der Waals surface area contributed by atoms with Crippen molar-refractivity contribution in [2.75, 3.05) is 0 Å². The highest BCUT2D eigenvalue weighted by molar-refractivity contribution is 5.92. The van der Waals surface area contributed by atoms with E-state index in [4.69, 9.17) is 0 Å². The largest absolute Gasteiger partial charge is 0.352 e. The van der Waals surface area contributed by atoms with E-state index in [9.17, 15) is 10.5 Å². The van der Waals surface area contributed by atoms with Gasteiger partial charge in [-0.05, 0) is 24.3 Å². The number of aromatic nitrogens is 3. The molecular weight excluding hydrogens is 334 g/mol. The lowest BCUT2D eigenvalue weighted by Crippen LogP contribution is -2.16. The van der Waals surface area contributed by atoms with Crippen molar-refractivity contribution in [1.82, 2.24) is 15.0 Å². The van der Waals surface area contributed by atoms with Gasteiger partial charge in [-0.15, -0.1) is 0 Å². The zero-order valence-corrected chi connectivity index (χ0v) is 14.2. The Labute approximate surface area is 155 Å². The van der Waals surface area contributed by atoms with E-state index in [1.54, 1.807) is 36.7 Å². The number of H-pyrrole nitrogens is 1. The van der Waals surface area contributed by atoms with Crippen LogP contribution in [0, 0.1) is 22.7 Å². The Morgan fingerprint density at radius 3 is 1.48 bits per heavy atom.